The monoisotopic (exact) mass is 405 g/mol. The maximum absolute atomic E-state index is 13.5. The molecule has 26 heavy (non-hydrogen) atoms. The molecule has 0 aromatic carbocycles. The van der Waals surface area contributed by atoms with Gasteiger partial charge in [-0.15, -0.1) is 0 Å². The van der Waals surface area contributed by atoms with Crippen LogP contribution in [0.5, 0.6) is 0 Å². The summed E-state index contributed by atoms with van der Waals surface area (Å²) in [5.74, 6) is -0.430. The molecule has 1 unspecified atom stereocenters. The molecule has 4 saturated carbocycles. The van der Waals surface area contributed by atoms with Crippen molar-refractivity contribution in [2.24, 2.45) is 23.2 Å². The highest BCUT2D eigenvalue weighted by Crippen LogP contribution is 2.61. The van der Waals surface area contributed by atoms with E-state index in [1.165, 1.54) is 0 Å². The molecule has 4 rings (SSSR count). The predicted octanol–water partition coefficient (Wildman–Crippen LogP) is 3.21. The second-order valence-corrected chi connectivity index (χ2v) is 9.47. The van der Waals surface area contributed by atoms with Gasteiger partial charge < -0.3 is 9.29 Å². The predicted molar refractivity (Wildman–Crippen MR) is 75.8 cm³/mol. The summed E-state index contributed by atoms with van der Waals surface area (Å²) >= 11 is 0. The zero-order valence-corrected chi connectivity index (χ0v) is 14.4. The molecule has 1 atom stereocenters. The molecule has 0 saturated heterocycles. The number of carbonyl (C=O) groups is 1. The van der Waals surface area contributed by atoms with Crippen LogP contribution in [-0.2, 0) is 19.6 Å². The minimum absolute atomic E-state index is 0.371. The normalized spacial score (nSPS) is 35.4. The lowest BCUT2D eigenvalue weighted by Crippen LogP contribution is -2.53. The van der Waals surface area contributed by atoms with Crippen molar-refractivity contribution < 1.29 is 44.5 Å². The topological polar surface area (TPSA) is 83.5 Å². The average Bonchev–Trinajstić information content (AvgIpc) is 2.39. The standard InChI is InChI=1S/C15H19F5O5S/c16-14(17,18)12(15(19,20)26(22,23)24)25-11(21)7-13-4-8-1-9(5-13)3-10(2-8)6-13/h8-10,12H,1-7H2,(H,22,23,24)/p-1. The van der Waals surface area contributed by atoms with Crippen molar-refractivity contribution in [3.8, 4) is 0 Å². The zero-order chi connectivity index (χ0) is 19.5. The van der Waals surface area contributed by atoms with Crippen LogP contribution in [0, 0.1) is 23.2 Å². The van der Waals surface area contributed by atoms with Gasteiger partial charge in [-0.2, -0.15) is 22.0 Å². The smallest absolute Gasteiger partial charge is 0.432 e. The fourth-order valence-electron chi connectivity index (χ4n) is 5.44. The number of carbonyl (C=O) groups excluding carboxylic acids is 1. The summed E-state index contributed by atoms with van der Waals surface area (Å²) in [7, 11) is -6.66. The summed E-state index contributed by atoms with van der Waals surface area (Å²) in [6.07, 6.45) is -5.78. The SMILES string of the molecule is O=C(CC12CC3CC(CC(C3)C1)C2)OC(C(F)(F)F)C(F)(F)S(=O)(=O)[O-]. The molecule has 0 radical (unpaired) electrons. The minimum atomic E-state index is -6.66. The highest BCUT2D eigenvalue weighted by atomic mass is 32.2. The number of rotatable bonds is 5. The summed E-state index contributed by atoms with van der Waals surface area (Å²) < 4.78 is 101. The van der Waals surface area contributed by atoms with Crippen LogP contribution in [0.15, 0.2) is 0 Å². The van der Waals surface area contributed by atoms with Crippen molar-refractivity contribution in [3.05, 3.63) is 0 Å². The van der Waals surface area contributed by atoms with Crippen molar-refractivity contribution in [1.82, 2.24) is 0 Å². The summed E-state index contributed by atoms with van der Waals surface area (Å²) in [5, 5.41) is -5.79. The van der Waals surface area contributed by atoms with Crippen molar-refractivity contribution >= 4 is 16.1 Å². The van der Waals surface area contributed by atoms with Crippen LogP contribution in [0.25, 0.3) is 0 Å². The number of ether oxygens (including phenoxy) is 1. The van der Waals surface area contributed by atoms with Crippen LogP contribution >= 0.6 is 0 Å². The van der Waals surface area contributed by atoms with E-state index in [4.69, 9.17) is 0 Å². The summed E-state index contributed by atoms with van der Waals surface area (Å²) in [6.45, 7) is 0. The van der Waals surface area contributed by atoms with Crippen molar-refractivity contribution in [3.63, 3.8) is 0 Å². The minimum Gasteiger partial charge on any atom is -0.743 e. The van der Waals surface area contributed by atoms with Gasteiger partial charge in [0, 0.05) is 0 Å². The van der Waals surface area contributed by atoms with Crippen molar-refractivity contribution in [1.29, 1.82) is 0 Å². The Labute approximate surface area is 147 Å². The maximum atomic E-state index is 13.5. The first-order valence-corrected chi connectivity index (χ1v) is 9.72. The van der Waals surface area contributed by atoms with Gasteiger partial charge in [0.2, 0.25) is 0 Å². The van der Waals surface area contributed by atoms with Gasteiger partial charge in [0.15, 0.2) is 10.1 Å². The molecular weight excluding hydrogens is 387 g/mol. The molecule has 0 spiro atoms. The Balaban J connectivity index is 1.75. The summed E-state index contributed by atoms with van der Waals surface area (Å²) in [4.78, 5) is 12.0. The quantitative estimate of drug-likeness (QED) is 0.399. The van der Waals surface area contributed by atoms with Gasteiger partial charge in [0.25, 0.3) is 6.10 Å². The van der Waals surface area contributed by atoms with E-state index < -0.39 is 45.5 Å². The Bertz CT molecular complexity index is 652. The molecule has 4 aliphatic rings. The Hall–Kier alpha value is -0.970. The summed E-state index contributed by atoms with van der Waals surface area (Å²) in [6, 6.07) is 0. The van der Waals surface area contributed by atoms with Crippen LogP contribution < -0.4 is 0 Å². The molecule has 4 aliphatic carbocycles. The molecule has 4 bridgehead atoms. The maximum Gasteiger partial charge on any atom is 0.432 e. The van der Waals surface area contributed by atoms with Crippen molar-refractivity contribution in [2.75, 3.05) is 0 Å². The van der Waals surface area contributed by atoms with Crippen LogP contribution in [0.2, 0.25) is 0 Å². The summed E-state index contributed by atoms with van der Waals surface area (Å²) in [5.41, 5.74) is -0.576. The van der Waals surface area contributed by atoms with E-state index in [0.29, 0.717) is 37.0 Å². The van der Waals surface area contributed by atoms with Crippen molar-refractivity contribution in [2.45, 2.75) is 62.5 Å². The fraction of sp³-hybridized carbons (Fsp3) is 0.933. The molecule has 5 nitrogen and oxygen atoms in total. The van der Waals surface area contributed by atoms with Crippen LogP contribution in [0.1, 0.15) is 44.9 Å². The molecule has 0 aromatic heterocycles. The van der Waals surface area contributed by atoms with Crippen LogP contribution in [-0.4, -0.2) is 36.5 Å². The third-order valence-electron chi connectivity index (χ3n) is 5.87. The van der Waals surface area contributed by atoms with Gasteiger partial charge in [-0.1, -0.05) is 0 Å². The van der Waals surface area contributed by atoms with E-state index in [2.05, 4.69) is 4.74 Å². The van der Waals surface area contributed by atoms with E-state index in [1.54, 1.807) is 0 Å². The highest BCUT2D eigenvalue weighted by molar-refractivity contribution is 7.86. The van der Waals surface area contributed by atoms with Crippen LogP contribution in [0.4, 0.5) is 22.0 Å². The molecule has 4 fully saturated rings. The third kappa shape index (κ3) is 3.56. The Morgan fingerprint density at radius 1 is 1.04 bits per heavy atom. The second kappa shape index (κ2) is 6.02. The number of hydrogen-bond acceptors (Lipinski definition) is 5. The number of alkyl halides is 5. The fourth-order valence-corrected chi connectivity index (χ4v) is 5.89. The lowest BCUT2D eigenvalue weighted by Gasteiger charge is -2.56. The largest absolute Gasteiger partial charge is 0.743 e. The number of hydrogen-bond donors (Lipinski definition) is 0. The molecule has 150 valence electrons. The average molecular weight is 405 g/mol. The van der Waals surface area contributed by atoms with Gasteiger partial charge in [-0.3, -0.25) is 4.79 Å². The van der Waals surface area contributed by atoms with Gasteiger partial charge in [0.05, 0.1) is 6.42 Å². The number of esters is 1. The van der Waals surface area contributed by atoms with E-state index in [9.17, 15) is 39.7 Å². The lowest BCUT2D eigenvalue weighted by atomic mass is 9.49. The first kappa shape index (κ1) is 19.8. The van der Waals surface area contributed by atoms with E-state index >= 15 is 0 Å². The van der Waals surface area contributed by atoms with Gasteiger partial charge >= 0.3 is 17.4 Å². The van der Waals surface area contributed by atoms with E-state index in [0.717, 1.165) is 19.3 Å². The Morgan fingerprint density at radius 2 is 1.46 bits per heavy atom. The lowest BCUT2D eigenvalue weighted by molar-refractivity contribution is -0.260. The van der Waals surface area contributed by atoms with Crippen LogP contribution in [0.3, 0.4) is 0 Å². The van der Waals surface area contributed by atoms with Gasteiger partial charge in [0.1, 0.15) is 0 Å². The molecule has 0 aromatic rings. The molecule has 0 amide bonds. The van der Waals surface area contributed by atoms with E-state index in [-0.39, 0.29) is 0 Å². The molecular formula is C15H18F5O5S-. The molecule has 0 N–H and O–H groups in total. The second-order valence-electron chi connectivity index (χ2n) is 8.02. The number of halogens is 5. The molecule has 11 heteroatoms. The third-order valence-corrected chi connectivity index (χ3v) is 6.75. The zero-order valence-electron chi connectivity index (χ0n) is 13.6. The Kier molecular flexibility index (Phi) is 4.58. The first-order valence-electron chi connectivity index (χ1n) is 8.31. The van der Waals surface area contributed by atoms with Gasteiger partial charge in [-0.25, -0.2) is 8.42 Å². The molecule has 0 aliphatic heterocycles. The van der Waals surface area contributed by atoms with Gasteiger partial charge in [-0.05, 0) is 61.7 Å². The first-order chi connectivity index (χ1) is 11.7. The highest BCUT2D eigenvalue weighted by Gasteiger charge is 2.63. The Morgan fingerprint density at radius 3 is 1.81 bits per heavy atom. The van der Waals surface area contributed by atoms with E-state index in [1.807, 2.05) is 0 Å². The molecule has 0 heterocycles.